The molecule has 0 spiro atoms. The number of carbonyl (C=O) groups excluding carboxylic acids is 1. The Hall–Kier alpha value is -1.12. The Balaban J connectivity index is 2.46. The zero-order chi connectivity index (χ0) is 11.2. The van der Waals surface area contributed by atoms with Crippen LogP contribution in [0.2, 0.25) is 0 Å². The monoisotopic (exact) mass is 208 g/mol. The van der Waals surface area contributed by atoms with Crippen LogP contribution in [-0.4, -0.2) is 16.9 Å². The first-order valence-corrected chi connectivity index (χ1v) is 5.43. The topological polar surface area (TPSA) is 54.4 Å². The number of carboxylic acids is 1. The Morgan fingerprint density at radius 2 is 2.13 bits per heavy atom. The molecular formula is C12H16O3. The predicted octanol–water partition coefficient (Wildman–Crippen LogP) is 2.17. The van der Waals surface area contributed by atoms with Gasteiger partial charge in [0.2, 0.25) is 0 Å². The summed E-state index contributed by atoms with van der Waals surface area (Å²) in [5.41, 5.74) is 1.67. The summed E-state index contributed by atoms with van der Waals surface area (Å²) in [4.78, 5) is 22.7. The van der Waals surface area contributed by atoms with Crippen molar-refractivity contribution >= 4 is 11.8 Å². The van der Waals surface area contributed by atoms with Crippen molar-refractivity contribution in [2.75, 3.05) is 0 Å². The van der Waals surface area contributed by atoms with Crippen LogP contribution in [0.1, 0.15) is 39.5 Å². The highest BCUT2D eigenvalue weighted by molar-refractivity contribution is 5.97. The fourth-order valence-electron chi connectivity index (χ4n) is 3.17. The second-order valence-electron chi connectivity index (χ2n) is 4.87. The maximum atomic E-state index is 11.6. The van der Waals surface area contributed by atoms with Gasteiger partial charge in [-0.15, -0.1) is 0 Å². The number of carboxylic acid groups (broad SMARTS) is 1. The fourth-order valence-corrected chi connectivity index (χ4v) is 3.17. The van der Waals surface area contributed by atoms with E-state index in [2.05, 4.69) is 0 Å². The number of rotatable bonds is 1. The van der Waals surface area contributed by atoms with Crippen LogP contribution >= 0.6 is 0 Å². The highest BCUT2D eigenvalue weighted by Crippen LogP contribution is 2.54. The van der Waals surface area contributed by atoms with Crippen molar-refractivity contribution in [2.45, 2.75) is 39.5 Å². The first-order valence-electron chi connectivity index (χ1n) is 5.43. The molecule has 0 saturated heterocycles. The molecule has 2 rings (SSSR count). The van der Waals surface area contributed by atoms with Crippen molar-refractivity contribution in [3.05, 3.63) is 11.1 Å². The quantitative estimate of drug-likeness (QED) is 0.718. The summed E-state index contributed by atoms with van der Waals surface area (Å²) in [6.07, 6.45) is 2.68. The highest BCUT2D eigenvalue weighted by atomic mass is 16.4. The summed E-state index contributed by atoms with van der Waals surface area (Å²) >= 11 is 0. The molecule has 0 radical (unpaired) electrons. The van der Waals surface area contributed by atoms with Gasteiger partial charge in [0, 0.05) is 11.8 Å². The van der Waals surface area contributed by atoms with Crippen molar-refractivity contribution in [3.63, 3.8) is 0 Å². The van der Waals surface area contributed by atoms with Crippen LogP contribution in [0.4, 0.5) is 0 Å². The van der Waals surface area contributed by atoms with Gasteiger partial charge in [-0.05, 0) is 31.8 Å². The number of ketones is 1. The molecule has 1 N–H and O–H groups in total. The molecule has 0 aromatic heterocycles. The molecule has 1 saturated carbocycles. The Kier molecular flexibility index (Phi) is 2.21. The van der Waals surface area contributed by atoms with E-state index >= 15 is 0 Å². The maximum Gasteiger partial charge on any atom is 0.307 e. The minimum absolute atomic E-state index is 0.202. The van der Waals surface area contributed by atoms with Crippen molar-refractivity contribution in [1.82, 2.24) is 0 Å². The Morgan fingerprint density at radius 1 is 1.47 bits per heavy atom. The molecule has 0 aromatic rings. The van der Waals surface area contributed by atoms with Gasteiger partial charge in [0.1, 0.15) is 0 Å². The van der Waals surface area contributed by atoms with Crippen molar-refractivity contribution in [3.8, 4) is 0 Å². The largest absolute Gasteiger partial charge is 0.481 e. The molecule has 0 amide bonds. The summed E-state index contributed by atoms with van der Waals surface area (Å²) < 4.78 is 0. The number of Topliss-reactive ketones (excluding diaryl/α,β-unsaturated/α-hetero) is 1. The summed E-state index contributed by atoms with van der Waals surface area (Å²) in [6.45, 7) is 3.85. The Labute approximate surface area is 89.2 Å². The van der Waals surface area contributed by atoms with E-state index in [4.69, 9.17) is 5.11 Å². The molecule has 0 heterocycles. The minimum Gasteiger partial charge on any atom is -0.481 e. The van der Waals surface area contributed by atoms with E-state index in [1.165, 1.54) is 0 Å². The molecule has 0 bridgehead atoms. The first kappa shape index (κ1) is 10.4. The van der Waals surface area contributed by atoms with E-state index in [1.54, 1.807) is 0 Å². The van der Waals surface area contributed by atoms with Crippen LogP contribution < -0.4 is 0 Å². The Morgan fingerprint density at radius 3 is 2.73 bits per heavy atom. The summed E-state index contributed by atoms with van der Waals surface area (Å²) in [6, 6.07) is 0. The lowest BCUT2D eigenvalue weighted by Gasteiger charge is -2.35. The van der Waals surface area contributed by atoms with Crippen LogP contribution in [0.25, 0.3) is 0 Å². The van der Waals surface area contributed by atoms with E-state index in [-0.39, 0.29) is 17.1 Å². The first-order chi connectivity index (χ1) is 6.97. The third-order valence-corrected chi connectivity index (χ3v) is 4.18. The van der Waals surface area contributed by atoms with Gasteiger partial charge in [-0.3, -0.25) is 9.59 Å². The third-order valence-electron chi connectivity index (χ3n) is 4.18. The van der Waals surface area contributed by atoms with Gasteiger partial charge in [0.05, 0.1) is 5.92 Å². The highest BCUT2D eigenvalue weighted by Gasteiger charge is 2.49. The lowest BCUT2D eigenvalue weighted by atomic mass is 9.68. The molecule has 0 aromatic carbocycles. The van der Waals surface area contributed by atoms with Crippen LogP contribution in [0.3, 0.4) is 0 Å². The average Bonchev–Trinajstić information content (AvgIpc) is 2.51. The maximum absolute atomic E-state index is 11.6. The summed E-state index contributed by atoms with van der Waals surface area (Å²) in [5.74, 6) is -0.807. The fraction of sp³-hybridized carbons (Fsp3) is 0.667. The molecule has 2 aliphatic carbocycles. The van der Waals surface area contributed by atoms with Gasteiger partial charge in [-0.2, -0.15) is 0 Å². The van der Waals surface area contributed by atoms with E-state index in [0.29, 0.717) is 19.3 Å². The van der Waals surface area contributed by atoms with Gasteiger partial charge < -0.3 is 5.11 Å². The third kappa shape index (κ3) is 1.33. The van der Waals surface area contributed by atoms with Gasteiger partial charge in [-0.1, -0.05) is 12.5 Å². The molecular weight excluding hydrogens is 192 g/mol. The van der Waals surface area contributed by atoms with Gasteiger partial charge in [-0.25, -0.2) is 0 Å². The standard InChI is InChI=1S/C12H16O3/c1-7-8-3-4-9(11(14)15)12(8,2)6-5-10(7)13/h9H,3-6H2,1-2H3,(H,14,15). The molecule has 2 aliphatic rings. The lowest BCUT2D eigenvalue weighted by Crippen LogP contribution is -2.33. The zero-order valence-electron chi connectivity index (χ0n) is 9.17. The van der Waals surface area contributed by atoms with E-state index in [9.17, 15) is 9.59 Å². The molecule has 0 aliphatic heterocycles. The minimum atomic E-state index is -0.713. The van der Waals surface area contributed by atoms with E-state index < -0.39 is 5.97 Å². The number of hydrogen-bond acceptors (Lipinski definition) is 2. The molecule has 2 atom stereocenters. The lowest BCUT2D eigenvalue weighted by molar-refractivity contribution is -0.145. The van der Waals surface area contributed by atoms with Crippen molar-refractivity contribution in [2.24, 2.45) is 11.3 Å². The molecule has 3 heteroatoms. The zero-order valence-corrected chi connectivity index (χ0v) is 9.17. The number of allylic oxidation sites excluding steroid dienone is 2. The number of aliphatic carboxylic acids is 1. The second-order valence-corrected chi connectivity index (χ2v) is 4.87. The van der Waals surface area contributed by atoms with Crippen LogP contribution in [0.15, 0.2) is 11.1 Å². The van der Waals surface area contributed by atoms with E-state index in [1.807, 2.05) is 13.8 Å². The molecule has 1 fully saturated rings. The predicted molar refractivity (Wildman–Crippen MR) is 55.4 cm³/mol. The summed E-state index contributed by atoms with van der Waals surface area (Å²) in [7, 11) is 0. The number of fused-ring (bicyclic) bond motifs is 1. The molecule has 15 heavy (non-hydrogen) atoms. The van der Waals surface area contributed by atoms with E-state index in [0.717, 1.165) is 17.6 Å². The second kappa shape index (κ2) is 3.19. The van der Waals surface area contributed by atoms with Crippen molar-refractivity contribution in [1.29, 1.82) is 0 Å². The van der Waals surface area contributed by atoms with Gasteiger partial charge in [0.15, 0.2) is 5.78 Å². The molecule has 3 nitrogen and oxygen atoms in total. The van der Waals surface area contributed by atoms with Gasteiger partial charge >= 0.3 is 5.97 Å². The van der Waals surface area contributed by atoms with Crippen LogP contribution in [-0.2, 0) is 9.59 Å². The number of hydrogen-bond donors (Lipinski definition) is 1. The summed E-state index contributed by atoms with van der Waals surface area (Å²) in [5, 5.41) is 9.16. The Bertz CT molecular complexity index is 367. The number of carbonyl (C=O) groups is 2. The SMILES string of the molecule is CC1=C2CCC(C(=O)O)C2(C)CCC1=O. The molecule has 82 valence electrons. The average molecular weight is 208 g/mol. The van der Waals surface area contributed by atoms with Crippen LogP contribution in [0.5, 0.6) is 0 Å². The van der Waals surface area contributed by atoms with Crippen molar-refractivity contribution < 1.29 is 14.7 Å². The van der Waals surface area contributed by atoms with Gasteiger partial charge in [0.25, 0.3) is 0 Å². The normalized spacial score (nSPS) is 35.6. The smallest absolute Gasteiger partial charge is 0.307 e. The molecule has 2 unspecified atom stereocenters. The van der Waals surface area contributed by atoms with Crippen LogP contribution in [0, 0.1) is 11.3 Å².